The van der Waals surface area contributed by atoms with E-state index in [1.54, 1.807) is 0 Å². The van der Waals surface area contributed by atoms with Crippen molar-refractivity contribution in [3.8, 4) is 0 Å². The SMILES string of the molecule is N/C(CCCN1CCNCC1)=N\O. The summed E-state index contributed by atoms with van der Waals surface area (Å²) in [5, 5.41) is 14.5. The third kappa shape index (κ3) is 4.10. The molecule has 76 valence electrons. The van der Waals surface area contributed by atoms with E-state index >= 15 is 0 Å². The molecule has 0 radical (unpaired) electrons. The maximum absolute atomic E-state index is 8.31. The van der Waals surface area contributed by atoms with E-state index in [0.29, 0.717) is 12.3 Å². The number of nitrogens with two attached hydrogens (primary N) is 1. The number of hydrogen-bond donors (Lipinski definition) is 3. The lowest BCUT2D eigenvalue weighted by Crippen LogP contribution is -2.43. The molecule has 1 aliphatic rings. The van der Waals surface area contributed by atoms with Crippen LogP contribution in [0, 0.1) is 0 Å². The molecule has 1 saturated heterocycles. The topological polar surface area (TPSA) is 73.9 Å². The molecule has 5 nitrogen and oxygen atoms in total. The minimum Gasteiger partial charge on any atom is -0.409 e. The summed E-state index contributed by atoms with van der Waals surface area (Å²) in [7, 11) is 0. The van der Waals surface area contributed by atoms with Gasteiger partial charge in [0.05, 0.1) is 0 Å². The van der Waals surface area contributed by atoms with Gasteiger partial charge in [-0.2, -0.15) is 0 Å². The fraction of sp³-hybridized carbons (Fsp3) is 0.875. The molecule has 0 bridgehead atoms. The van der Waals surface area contributed by atoms with Crippen LogP contribution < -0.4 is 11.1 Å². The number of piperazine rings is 1. The molecule has 0 amide bonds. The highest BCUT2D eigenvalue weighted by Crippen LogP contribution is 1.97. The molecule has 0 aromatic rings. The molecule has 0 spiro atoms. The van der Waals surface area contributed by atoms with Gasteiger partial charge in [0.1, 0.15) is 5.84 Å². The summed E-state index contributed by atoms with van der Waals surface area (Å²) in [4.78, 5) is 2.39. The van der Waals surface area contributed by atoms with Crippen molar-refractivity contribution in [3.05, 3.63) is 0 Å². The van der Waals surface area contributed by atoms with Gasteiger partial charge in [-0.05, 0) is 13.0 Å². The number of oxime groups is 1. The van der Waals surface area contributed by atoms with E-state index in [1.807, 2.05) is 0 Å². The third-order valence-electron chi connectivity index (χ3n) is 2.25. The average Bonchev–Trinajstić information content (AvgIpc) is 2.19. The molecule has 5 heteroatoms. The first-order valence-electron chi connectivity index (χ1n) is 4.72. The van der Waals surface area contributed by atoms with Crippen molar-refractivity contribution in [2.75, 3.05) is 32.7 Å². The lowest BCUT2D eigenvalue weighted by Gasteiger charge is -2.26. The maximum Gasteiger partial charge on any atom is 0.139 e. The average molecular weight is 186 g/mol. The molecule has 4 N–H and O–H groups in total. The molecule has 1 heterocycles. The Morgan fingerprint density at radius 1 is 1.46 bits per heavy atom. The van der Waals surface area contributed by atoms with Crippen molar-refractivity contribution in [2.45, 2.75) is 12.8 Å². The van der Waals surface area contributed by atoms with Crippen LogP contribution in [-0.4, -0.2) is 48.7 Å². The molecule has 0 unspecified atom stereocenters. The van der Waals surface area contributed by atoms with Crippen LogP contribution >= 0.6 is 0 Å². The van der Waals surface area contributed by atoms with Crippen LogP contribution in [0.3, 0.4) is 0 Å². The first-order chi connectivity index (χ1) is 6.33. The van der Waals surface area contributed by atoms with Gasteiger partial charge < -0.3 is 21.2 Å². The zero-order valence-corrected chi connectivity index (χ0v) is 7.87. The minimum absolute atomic E-state index is 0.329. The molecule has 0 aromatic carbocycles. The summed E-state index contributed by atoms with van der Waals surface area (Å²) in [5.74, 6) is 0.329. The normalized spacial score (nSPS) is 20.5. The van der Waals surface area contributed by atoms with Crippen LogP contribution in [-0.2, 0) is 0 Å². The van der Waals surface area contributed by atoms with Gasteiger partial charge in [0, 0.05) is 32.6 Å². The Morgan fingerprint density at radius 3 is 2.77 bits per heavy atom. The van der Waals surface area contributed by atoms with Crippen molar-refractivity contribution in [1.82, 2.24) is 10.2 Å². The van der Waals surface area contributed by atoms with Gasteiger partial charge in [0.25, 0.3) is 0 Å². The van der Waals surface area contributed by atoms with Crippen LogP contribution in [0.1, 0.15) is 12.8 Å². The summed E-state index contributed by atoms with van der Waals surface area (Å²) in [5.41, 5.74) is 5.36. The smallest absolute Gasteiger partial charge is 0.139 e. The van der Waals surface area contributed by atoms with Crippen molar-refractivity contribution in [1.29, 1.82) is 0 Å². The van der Waals surface area contributed by atoms with Crippen molar-refractivity contribution < 1.29 is 5.21 Å². The standard InChI is InChI=1S/C8H18N4O/c9-8(11-13)2-1-5-12-6-3-10-4-7-12/h10,13H,1-7H2,(H2,9,11). The van der Waals surface area contributed by atoms with E-state index < -0.39 is 0 Å². The predicted octanol–water partition coefficient (Wildman–Crippen LogP) is -0.582. The molecular formula is C8H18N4O. The minimum atomic E-state index is 0.329. The Balaban J connectivity index is 2.04. The maximum atomic E-state index is 8.31. The fourth-order valence-corrected chi connectivity index (χ4v) is 1.47. The Hall–Kier alpha value is -0.810. The van der Waals surface area contributed by atoms with Gasteiger partial charge in [0.2, 0.25) is 0 Å². The first-order valence-corrected chi connectivity index (χ1v) is 4.72. The van der Waals surface area contributed by atoms with Crippen molar-refractivity contribution in [2.24, 2.45) is 10.9 Å². The highest BCUT2D eigenvalue weighted by atomic mass is 16.4. The fourth-order valence-electron chi connectivity index (χ4n) is 1.47. The quantitative estimate of drug-likeness (QED) is 0.238. The molecular weight excluding hydrogens is 168 g/mol. The highest BCUT2D eigenvalue weighted by molar-refractivity contribution is 5.79. The number of amidine groups is 1. The summed E-state index contributed by atoms with van der Waals surface area (Å²) in [6.45, 7) is 5.40. The van der Waals surface area contributed by atoms with Crippen LogP contribution in [0.2, 0.25) is 0 Å². The van der Waals surface area contributed by atoms with E-state index in [9.17, 15) is 0 Å². The molecule has 0 aliphatic carbocycles. The number of hydrogen-bond acceptors (Lipinski definition) is 4. The molecule has 1 aliphatic heterocycles. The highest BCUT2D eigenvalue weighted by Gasteiger charge is 2.08. The third-order valence-corrected chi connectivity index (χ3v) is 2.25. The van der Waals surface area contributed by atoms with Crippen LogP contribution in [0.4, 0.5) is 0 Å². The summed E-state index contributed by atoms with van der Waals surface area (Å²) in [6.07, 6.45) is 1.65. The lowest BCUT2D eigenvalue weighted by molar-refractivity contribution is 0.239. The van der Waals surface area contributed by atoms with Gasteiger partial charge in [-0.3, -0.25) is 0 Å². The zero-order valence-electron chi connectivity index (χ0n) is 7.87. The molecule has 13 heavy (non-hydrogen) atoms. The number of rotatable bonds is 4. The number of nitrogens with zero attached hydrogens (tertiary/aromatic N) is 2. The second kappa shape index (κ2) is 5.77. The van der Waals surface area contributed by atoms with Gasteiger partial charge in [-0.25, -0.2) is 0 Å². The molecule has 1 rings (SSSR count). The zero-order chi connectivity index (χ0) is 9.52. The largest absolute Gasteiger partial charge is 0.409 e. The van der Waals surface area contributed by atoms with Gasteiger partial charge in [0.15, 0.2) is 0 Å². The van der Waals surface area contributed by atoms with Crippen molar-refractivity contribution >= 4 is 5.84 Å². The Bertz CT molecular complexity index is 166. The van der Waals surface area contributed by atoms with Gasteiger partial charge in [-0.1, -0.05) is 5.16 Å². The first kappa shape index (κ1) is 10.3. The van der Waals surface area contributed by atoms with E-state index in [1.165, 1.54) is 0 Å². The summed E-state index contributed by atoms with van der Waals surface area (Å²) >= 11 is 0. The van der Waals surface area contributed by atoms with E-state index in [0.717, 1.165) is 39.1 Å². The van der Waals surface area contributed by atoms with Crippen LogP contribution in [0.5, 0.6) is 0 Å². The predicted molar refractivity (Wildman–Crippen MR) is 52.0 cm³/mol. The molecule has 0 aromatic heterocycles. The van der Waals surface area contributed by atoms with E-state index in [4.69, 9.17) is 10.9 Å². The van der Waals surface area contributed by atoms with Gasteiger partial charge >= 0.3 is 0 Å². The van der Waals surface area contributed by atoms with E-state index in [-0.39, 0.29) is 0 Å². The van der Waals surface area contributed by atoms with E-state index in [2.05, 4.69) is 15.4 Å². The molecule has 1 fully saturated rings. The second-order valence-electron chi connectivity index (χ2n) is 3.29. The monoisotopic (exact) mass is 186 g/mol. The Kier molecular flexibility index (Phi) is 4.56. The summed E-state index contributed by atoms with van der Waals surface area (Å²) in [6, 6.07) is 0. The van der Waals surface area contributed by atoms with Crippen LogP contribution in [0.25, 0.3) is 0 Å². The summed E-state index contributed by atoms with van der Waals surface area (Å²) < 4.78 is 0. The lowest BCUT2D eigenvalue weighted by atomic mass is 10.2. The molecule has 0 atom stereocenters. The molecule has 0 saturated carbocycles. The number of nitrogens with one attached hydrogen (secondary N) is 1. The second-order valence-corrected chi connectivity index (χ2v) is 3.29. The Morgan fingerprint density at radius 2 is 2.15 bits per heavy atom. The van der Waals surface area contributed by atoms with Gasteiger partial charge in [-0.15, -0.1) is 0 Å². The Labute approximate surface area is 78.6 Å². The van der Waals surface area contributed by atoms with Crippen molar-refractivity contribution in [3.63, 3.8) is 0 Å². The van der Waals surface area contributed by atoms with Crippen LogP contribution in [0.15, 0.2) is 5.16 Å².